The van der Waals surface area contributed by atoms with E-state index in [-0.39, 0.29) is 24.0 Å². The number of nitrogens with zero attached hydrogens (tertiary/aromatic N) is 2. The molecule has 0 radical (unpaired) electrons. The fraction of sp³-hybridized carbons (Fsp3) is 0.650. The zero-order valence-electron chi connectivity index (χ0n) is 17.0. The number of nitrogens with one attached hydrogen (secondary N) is 2. The molecular weight excluding hydrogens is 471 g/mol. The van der Waals surface area contributed by atoms with Crippen LogP contribution in [0, 0.1) is 0 Å². The van der Waals surface area contributed by atoms with E-state index < -0.39 is 5.60 Å². The maximum absolute atomic E-state index is 10.3. The summed E-state index contributed by atoms with van der Waals surface area (Å²) in [6.45, 7) is 5.15. The molecule has 28 heavy (non-hydrogen) atoms. The largest absolute Gasteiger partial charge is 0.497 e. The molecule has 0 bridgehead atoms. The van der Waals surface area contributed by atoms with Gasteiger partial charge in [-0.3, -0.25) is 4.99 Å². The van der Waals surface area contributed by atoms with Crippen LogP contribution in [0.5, 0.6) is 11.5 Å². The van der Waals surface area contributed by atoms with E-state index in [1.165, 1.54) is 0 Å². The van der Waals surface area contributed by atoms with Crippen molar-refractivity contribution in [2.45, 2.75) is 44.2 Å². The molecule has 3 N–H and O–H groups in total. The van der Waals surface area contributed by atoms with Crippen molar-refractivity contribution in [2.24, 2.45) is 4.99 Å². The molecule has 0 spiro atoms. The van der Waals surface area contributed by atoms with E-state index in [2.05, 4.69) is 27.4 Å². The Morgan fingerprint density at radius 1 is 1.25 bits per heavy atom. The van der Waals surface area contributed by atoms with Crippen LogP contribution in [-0.2, 0) is 0 Å². The van der Waals surface area contributed by atoms with Gasteiger partial charge in [0.25, 0.3) is 0 Å². The third kappa shape index (κ3) is 5.79. The Labute approximate surface area is 184 Å². The van der Waals surface area contributed by atoms with Crippen molar-refractivity contribution in [1.82, 2.24) is 10.6 Å². The highest BCUT2D eigenvalue weighted by molar-refractivity contribution is 14.0. The van der Waals surface area contributed by atoms with Crippen LogP contribution in [-0.4, -0.2) is 63.1 Å². The maximum atomic E-state index is 10.3. The van der Waals surface area contributed by atoms with Crippen molar-refractivity contribution in [3.8, 4) is 11.5 Å². The van der Waals surface area contributed by atoms with Gasteiger partial charge >= 0.3 is 0 Å². The van der Waals surface area contributed by atoms with E-state index in [4.69, 9.17) is 9.47 Å². The first kappa shape index (κ1) is 22.9. The van der Waals surface area contributed by atoms with Gasteiger partial charge in [-0.05, 0) is 32.6 Å². The monoisotopic (exact) mass is 504 g/mol. The Hall–Kier alpha value is -1.42. The molecule has 1 atom stereocenters. The highest BCUT2D eigenvalue weighted by Gasteiger charge is 2.34. The average Bonchev–Trinajstić information content (AvgIpc) is 3.13. The Balaban J connectivity index is 0.00000280. The smallest absolute Gasteiger partial charge is 0.191 e. The average molecular weight is 504 g/mol. The van der Waals surface area contributed by atoms with E-state index in [0.29, 0.717) is 12.6 Å². The fourth-order valence-corrected chi connectivity index (χ4v) is 3.57. The van der Waals surface area contributed by atoms with Crippen LogP contribution in [0.2, 0.25) is 0 Å². The van der Waals surface area contributed by atoms with Gasteiger partial charge < -0.3 is 30.1 Å². The van der Waals surface area contributed by atoms with Gasteiger partial charge in [0.2, 0.25) is 0 Å². The molecule has 1 aliphatic heterocycles. The first-order chi connectivity index (χ1) is 13.0. The Morgan fingerprint density at radius 2 is 1.93 bits per heavy atom. The molecule has 1 saturated heterocycles. The fourth-order valence-electron chi connectivity index (χ4n) is 3.57. The van der Waals surface area contributed by atoms with E-state index in [1.54, 1.807) is 14.2 Å². The minimum absolute atomic E-state index is 0. The predicted octanol–water partition coefficient (Wildman–Crippen LogP) is 2.37. The van der Waals surface area contributed by atoms with Crippen LogP contribution in [0.3, 0.4) is 0 Å². The lowest BCUT2D eigenvalue weighted by Crippen LogP contribution is -2.46. The molecule has 1 aromatic rings. The molecule has 1 saturated carbocycles. The quantitative estimate of drug-likeness (QED) is 0.301. The molecule has 1 heterocycles. The standard InChI is InChI=1S/C20H32N4O3.HI/c1-4-21-19(22-14-20(25)7-5-8-20)23-15-6-9-24(13-15)16-10-17(26-2)12-18(11-16)27-3;/h10-12,15,25H,4-9,13-14H2,1-3H3,(H2,21,22,23);1H. The SMILES string of the molecule is CCNC(=NCC1(O)CCC1)NC1CCN(c2cc(OC)cc(OC)c2)C1.I. The zero-order chi connectivity index (χ0) is 19.3. The number of aliphatic imine (C=N–C) groups is 1. The van der Waals surface area contributed by atoms with E-state index in [9.17, 15) is 5.11 Å². The summed E-state index contributed by atoms with van der Waals surface area (Å²) in [6.07, 6.45) is 3.82. The first-order valence-electron chi connectivity index (χ1n) is 9.80. The number of methoxy groups -OCH3 is 2. The van der Waals surface area contributed by atoms with Gasteiger partial charge in [-0.2, -0.15) is 0 Å². The molecule has 0 aromatic heterocycles. The molecule has 158 valence electrons. The van der Waals surface area contributed by atoms with Gasteiger partial charge in [0.05, 0.1) is 26.4 Å². The highest BCUT2D eigenvalue weighted by Crippen LogP contribution is 2.32. The molecule has 0 amide bonds. The number of guanidine groups is 1. The van der Waals surface area contributed by atoms with Gasteiger partial charge in [-0.1, -0.05) is 0 Å². The molecule has 2 fully saturated rings. The summed E-state index contributed by atoms with van der Waals surface area (Å²) < 4.78 is 10.8. The van der Waals surface area contributed by atoms with Crippen molar-refractivity contribution in [1.29, 1.82) is 0 Å². The molecule has 1 aromatic carbocycles. The number of aliphatic hydroxyl groups is 1. The van der Waals surface area contributed by atoms with Gasteiger partial charge in [0, 0.05) is 49.6 Å². The van der Waals surface area contributed by atoms with Crippen molar-refractivity contribution >= 4 is 35.6 Å². The highest BCUT2D eigenvalue weighted by atomic mass is 127. The summed E-state index contributed by atoms with van der Waals surface area (Å²) in [4.78, 5) is 6.93. The predicted molar refractivity (Wildman–Crippen MR) is 123 cm³/mol. The molecule has 2 aliphatic rings. The Kier molecular flexibility index (Phi) is 8.48. The third-order valence-corrected chi connectivity index (χ3v) is 5.39. The maximum Gasteiger partial charge on any atom is 0.191 e. The van der Waals surface area contributed by atoms with E-state index >= 15 is 0 Å². The lowest BCUT2D eigenvalue weighted by atomic mass is 9.80. The van der Waals surface area contributed by atoms with E-state index in [0.717, 1.165) is 68.5 Å². The summed E-state index contributed by atoms with van der Waals surface area (Å²) in [6, 6.07) is 6.26. The molecular formula is C20H33IN4O3. The normalized spacial score (nSPS) is 20.8. The van der Waals surface area contributed by atoms with Crippen LogP contribution in [0.15, 0.2) is 23.2 Å². The minimum atomic E-state index is -0.596. The van der Waals surface area contributed by atoms with E-state index in [1.807, 2.05) is 18.2 Å². The van der Waals surface area contributed by atoms with Crippen LogP contribution in [0.4, 0.5) is 5.69 Å². The van der Waals surface area contributed by atoms with Gasteiger partial charge in [-0.15, -0.1) is 24.0 Å². The summed E-state index contributed by atoms with van der Waals surface area (Å²) in [7, 11) is 3.34. The van der Waals surface area contributed by atoms with Crippen LogP contribution in [0.25, 0.3) is 0 Å². The number of halogens is 1. The third-order valence-electron chi connectivity index (χ3n) is 5.39. The van der Waals surface area contributed by atoms with Crippen molar-refractivity contribution in [3.05, 3.63) is 18.2 Å². The summed E-state index contributed by atoms with van der Waals surface area (Å²) in [5, 5.41) is 17.1. The molecule has 3 rings (SSSR count). The number of hydrogen-bond acceptors (Lipinski definition) is 5. The molecule has 8 heteroatoms. The molecule has 1 aliphatic carbocycles. The second kappa shape index (κ2) is 10.4. The summed E-state index contributed by atoms with van der Waals surface area (Å²) in [5.74, 6) is 2.38. The second-order valence-electron chi connectivity index (χ2n) is 7.42. The number of rotatable bonds is 7. The van der Waals surface area contributed by atoms with Crippen LogP contribution < -0.4 is 25.0 Å². The van der Waals surface area contributed by atoms with Crippen LogP contribution >= 0.6 is 24.0 Å². The second-order valence-corrected chi connectivity index (χ2v) is 7.42. The Bertz CT molecular complexity index is 645. The lowest BCUT2D eigenvalue weighted by molar-refractivity contribution is -0.0236. The number of anilines is 1. The topological polar surface area (TPSA) is 78.4 Å². The summed E-state index contributed by atoms with van der Waals surface area (Å²) in [5.41, 5.74) is 0.502. The Morgan fingerprint density at radius 3 is 2.46 bits per heavy atom. The molecule has 1 unspecified atom stereocenters. The zero-order valence-corrected chi connectivity index (χ0v) is 19.4. The minimum Gasteiger partial charge on any atom is -0.497 e. The van der Waals surface area contributed by atoms with Gasteiger partial charge in [0.15, 0.2) is 5.96 Å². The number of benzene rings is 1. The van der Waals surface area contributed by atoms with Crippen molar-refractivity contribution < 1.29 is 14.6 Å². The van der Waals surface area contributed by atoms with Crippen molar-refractivity contribution in [3.63, 3.8) is 0 Å². The molecule has 7 nitrogen and oxygen atoms in total. The number of ether oxygens (including phenoxy) is 2. The van der Waals surface area contributed by atoms with Gasteiger partial charge in [0.1, 0.15) is 11.5 Å². The number of hydrogen-bond donors (Lipinski definition) is 3. The van der Waals surface area contributed by atoms with Gasteiger partial charge in [-0.25, -0.2) is 0 Å². The first-order valence-corrected chi connectivity index (χ1v) is 9.80. The van der Waals surface area contributed by atoms with Crippen LogP contribution in [0.1, 0.15) is 32.6 Å². The summed E-state index contributed by atoms with van der Waals surface area (Å²) >= 11 is 0. The van der Waals surface area contributed by atoms with Crippen molar-refractivity contribution in [2.75, 3.05) is 45.3 Å². The lowest BCUT2D eigenvalue weighted by Gasteiger charge is -2.35.